The number of carboxylic acids is 1. The van der Waals surface area contributed by atoms with Crippen molar-refractivity contribution >= 4 is 5.97 Å². The van der Waals surface area contributed by atoms with E-state index in [0.29, 0.717) is 23.6 Å². The van der Waals surface area contributed by atoms with E-state index in [2.05, 4.69) is 5.16 Å². The number of likely N-dealkylation sites (N-methyl/N-ethyl adjacent to an activating group) is 1. The molecule has 6 heteroatoms. The van der Waals surface area contributed by atoms with Crippen LogP contribution in [0.4, 0.5) is 0 Å². The summed E-state index contributed by atoms with van der Waals surface area (Å²) in [5.41, 5.74) is 3.25. The molecule has 3 aromatic rings. The molecule has 0 aliphatic rings. The Hall–Kier alpha value is -3.12. The molecule has 1 heterocycles. The molecule has 0 saturated heterocycles. The monoisotopic (exact) mass is 366 g/mol. The van der Waals surface area contributed by atoms with Gasteiger partial charge >= 0.3 is 5.97 Å². The van der Waals surface area contributed by atoms with Crippen molar-refractivity contribution in [1.82, 2.24) is 10.1 Å². The van der Waals surface area contributed by atoms with E-state index in [-0.39, 0.29) is 0 Å². The van der Waals surface area contributed by atoms with Crippen LogP contribution < -0.4 is 4.74 Å². The molecule has 0 saturated carbocycles. The zero-order chi connectivity index (χ0) is 19.4. The van der Waals surface area contributed by atoms with Crippen LogP contribution in [0.15, 0.2) is 59.1 Å². The first-order chi connectivity index (χ1) is 13.0. The number of aliphatic carboxylic acids is 1. The first-order valence-electron chi connectivity index (χ1n) is 8.58. The van der Waals surface area contributed by atoms with Crippen LogP contribution >= 0.6 is 0 Å². The Morgan fingerprint density at radius 2 is 1.96 bits per heavy atom. The Labute approximate surface area is 158 Å². The van der Waals surface area contributed by atoms with Gasteiger partial charge < -0.3 is 14.4 Å². The van der Waals surface area contributed by atoms with Crippen molar-refractivity contribution in [3.05, 3.63) is 71.5 Å². The lowest BCUT2D eigenvalue weighted by molar-refractivity contribution is -0.143. The van der Waals surface area contributed by atoms with Crippen molar-refractivity contribution in [2.45, 2.75) is 19.5 Å². The molecule has 0 bridgehead atoms. The van der Waals surface area contributed by atoms with Crippen molar-refractivity contribution in [2.75, 3.05) is 14.2 Å². The Balaban J connectivity index is 1.85. The highest BCUT2D eigenvalue weighted by atomic mass is 16.5. The molecule has 140 valence electrons. The zero-order valence-corrected chi connectivity index (χ0v) is 15.5. The van der Waals surface area contributed by atoms with E-state index in [1.807, 2.05) is 55.5 Å². The second kappa shape index (κ2) is 8.05. The molecule has 0 radical (unpaired) electrons. The lowest BCUT2D eigenvalue weighted by Gasteiger charge is -2.25. The van der Waals surface area contributed by atoms with Crippen LogP contribution in [0.2, 0.25) is 0 Å². The standard InChI is InChI=1S/C21H22N2O4/c1-14-9-10-19(26-3)17(11-14)20(21(24)25)23(2)13-16-12-18(22-27-16)15-7-5-4-6-8-15/h4-12,20H,13H2,1-3H3,(H,24,25). The third-order valence-corrected chi connectivity index (χ3v) is 4.39. The van der Waals surface area contributed by atoms with Gasteiger partial charge in [-0.15, -0.1) is 0 Å². The molecule has 2 aromatic carbocycles. The number of nitrogens with zero attached hydrogens (tertiary/aromatic N) is 2. The molecule has 27 heavy (non-hydrogen) atoms. The minimum absolute atomic E-state index is 0.300. The summed E-state index contributed by atoms with van der Waals surface area (Å²) in [7, 11) is 3.28. The SMILES string of the molecule is COc1ccc(C)cc1C(C(=O)O)N(C)Cc1cc(-c2ccccc2)no1. The smallest absolute Gasteiger partial charge is 0.325 e. The Kier molecular flexibility index (Phi) is 5.57. The topological polar surface area (TPSA) is 75.8 Å². The van der Waals surface area contributed by atoms with Gasteiger partial charge in [-0.25, -0.2) is 0 Å². The average Bonchev–Trinajstić information content (AvgIpc) is 3.11. The van der Waals surface area contributed by atoms with Gasteiger partial charge in [0.15, 0.2) is 5.76 Å². The molecule has 1 aromatic heterocycles. The number of methoxy groups -OCH3 is 1. The highest BCUT2D eigenvalue weighted by Crippen LogP contribution is 2.31. The number of hydrogen-bond acceptors (Lipinski definition) is 5. The summed E-state index contributed by atoms with van der Waals surface area (Å²) >= 11 is 0. The molecule has 0 fully saturated rings. The van der Waals surface area contributed by atoms with Crippen LogP contribution in [0.3, 0.4) is 0 Å². The van der Waals surface area contributed by atoms with Gasteiger partial charge in [0.2, 0.25) is 0 Å². The summed E-state index contributed by atoms with van der Waals surface area (Å²) < 4.78 is 10.8. The fourth-order valence-electron chi connectivity index (χ4n) is 3.10. The summed E-state index contributed by atoms with van der Waals surface area (Å²) in [5.74, 6) is 0.181. The second-order valence-corrected chi connectivity index (χ2v) is 6.45. The molecule has 1 unspecified atom stereocenters. The predicted molar refractivity (Wildman–Crippen MR) is 102 cm³/mol. The van der Waals surface area contributed by atoms with E-state index in [4.69, 9.17) is 9.26 Å². The highest BCUT2D eigenvalue weighted by Gasteiger charge is 2.28. The fraction of sp³-hybridized carbons (Fsp3) is 0.238. The van der Waals surface area contributed by atoms with E-state index >= 15 is 0 Å². The molecule has 0 spiro atoms. The molecular weight excluding hydrogens is 344 g/mol. The quantitative estimate of drug-likeness (QED) is 0.683. The number of aryl methyl sites for hydroxylation is 1. The van der Waals surface area contributed by atoms with Crippen LogP contribution in [0, 0.1) is 6.92 Å². The van der Waals surface area contributed by atoms with E-state index in [9.17, 15) is 9.90 Å². The number of ether oxygens (including phenoxy) is 1. The first kappa shape index (κ1) is 18.7. The normalized spacial score (nSPS) is 12.1. The first-order valence-corrected chi connectivity index (χ1v) is 8.58. The van der Waals surface area contributed by atoms with E-state index in [0.717, 1.165) is 16.8 Å². The maximum absolute atomic E-state index is 12.0. The molecular formula is C21H22N2O4. The maximum atomic E-state index is 12.0. The molecule has 1 N–H and O–H groups in total. The number of aromatic nitrogens is 1. The van der Waals surface area contributed by atoms with Gasteiger partial charge in [-0.05, 0) is 20.0 Å². The summed E-state index contributed by atoms with van der Waals surface area (Å²) in [6.45, 7) is 2.22. The minimum atomic E-state index is -0.954. The van der Waals surface area contributed by atoms with Crippen molar-refractivity contribution in [1.29, 1.82) is 0 Å². The second-order valence-electron chi connectivity index (χ2n) is 6.45. The molecule has 0 amide bonds. The van der Waals surface area contributed by atoms with Gasteiger partial charge in [0, 0.05) is 17.2 Å². The number of benzene rings is 2. The predicted octanol–water partition coefficient (Wildman–Crippen LogP) is 3.92. The summed E-state index contributed by atoms with van der Waals surface area (Å²) in [4.78, 5) is 13.7. The molecule has 0 aliphatic heterocycles. The Morgan fingerprint density at radius 3 is 2.63 bits per heavy atom. The lowest BCUT2D eigenvalue weighted by Crippen LogP contribution is -2.30. The largest absolute Gasteiger partial charge is 0.496 e. The minimum Gasteiger partial charge on any atom is -0.496 e. The highest BCUT2D eigenvalue weighted by molar-refractivity contribution is 5.77. The Bertz CT molecular complexity index is 921. The summed E-state index contributed by atoms with van der Waals surface area (Å²) in [6.07, 6.45) is 0. The van der Waals surface area contributed by atoms with Gasteiger partial charge in [0.25, 0.3) is 0 Å². The third-order valence-electron chi connectivity index (χ3n) is 4.39. The van der Waals surface area contributed by atoms with Crippen molar-refractivity contribution in [2.24, 2.45) is 0 Å². The number of rotatable bonds is 7. The van der Waals surface area contributed by atoms with Crippen LogP contribution in [0.25, 0.3) is 11.3 Å². The van der Waals surface area contributed by atoms with Gasteiger partial charge in [-0.2, -0.15) is 0 Å². The van der Waals surface area contributed by atoms with Gasteiger partial charge in [-0.3, -0.25) is 9.69 Å². The fourth-order valence-corrected chi connectivity index (χ4v) is 3.10. The van der Waals surface area contributed by atoms with Crippen LogP contribution in [0.5, 0.6) is 5.75 Å². The van der Waals surface area contributed by atoms with Crippen LogP contribution in [-0.2, 0) is 11.3 Å². The Morgan fingerprint density at radius 1 is 1.22 bits per heavy atom. The number of hydrogen-bond donors (Lipinski definition) is 1. The number of carbonyl (C=O) groups is 1. The van der Waals surface area contributed by atoms with Crippen LogP contribution in [0.1, 0.15) is 22.9 Å². The molecule has 0 aliphatic carbocycles. The van der Waals surface area contributed by atoms with Crippen molar-refractivity contribution in [3.63, 3.8) is 0 Å². The average molecular weight is 366 g/mol. The molecule has 1 atom stereocenters. The summed E-state index contributed by atoms with van der Waals surface area (Å²) in [5, 5.41) is 13.9. The van der Waals surface area contributed by atoms with Crippen LogP contribution in [-0.4, -0.2) is 35.3 Å². The van der Waals surface area contributed by atoms with Crippen molar-refractivity contribution < 1.29 is 19.2 Å². The lowest BCUT2D eigenvalue weighted by atomic mass is 10.0. The van der Waals surface area contributed by atoms with E-state index in [1.165, 1.54) is 7.11 Å². The number of carboxylic acid groups (broad SMARTS) is 1. The van der Waals surface area contributed by atoms with E-state index in [1.54, 1.807) is 18.0 Å². The maximum Gasteiger partial charge on any atom is 0.325 e. The van der Waals surface area contributed by atoms with Gasteiger partial charge in [0.05, 0.1) is 13.7 Å². The van der Waals surface area contributed by atoms with E-state index < -0.39 is 12.0 Å². The molecule has 6 nitrogen and oxygen atoms in total. The van der Waals surface area contributed by atoms with Gasteiger partial charge in [0.1, 0.15) is 17.5 Å². The molecule has 3 rings (SSSR count). The summed E-state index contributed by atoms with van der Waals surface area (Å²) in [6, 6.07) is 16.2. The van der Waals surface area contributed by atoms with Crippen molar-refractivity contribution in [3.8, 4) is 17.0 Å². The van der Waals surface area contributed by atoms with Gasteiger partial charge in [-0.1, -0.05) is 53.2 Å². The zero-order valence-electron chi connectivity index (χ0n) is 15.5. The third kappa shape index (κ3) is 4.17.